The Morgan fingerprint density at radius 3 is 2.24 bits per heavy atom. The van der Waals surface area contributed by atoms with Gasteiger partial charge in [0.1, 0.15) is 16.7 Å². The first kappa shape index (κ1) is 15.4. The highest BCUT2D eigenvalue weighted by molar-refractivity contribution is 6.41. The van der Waals surface area contributed by atoms with E-state index >= 15 is 0 Å². The zero-order valence-corrected chi connectivity index (χ0v) is 12.8. The summed E-state index contributed by atoms with van der Waals surface area (Å²) in [6.07, 6.45) is 1.35. The number of nitrogens with zero attached hydrogens (tertiary/aromatic N) is 1. The van der Waals surface area contributed by atoms with Crippen LogP contribution in [-0.2, 0) is 0 Å². The molecule has 0 bridgehead atoms. The van der Waals surface area contributed by atoms with Crippen molar-refractivity contribution < 1.29 is 14.3 Å². The standard InChI is InChI=1S/C14H12Cl2N2O3/c1-20-10-4-9(5-11(6-10)21-2)18-14(19)8-3-12(15)13(16)17-7-8/h3-7H,1-2H3,(H,18,19). The Morgan fingerprint density at radius 1 is 1.10 bits per heavy atom. The molecule has 0 saturated carbocycles. The van der Waals surface area contributed by atoms with Crippen LogP contribution in [0.2, 0.25) is 10.2 Å². The minimum Gasteiger partial charge on any atom is -0.497 e. The van der Waals surface area contributed by atoms with Crippen molar-refractivity contribution in [3.8, 4) is 11.5 Å². The second-order valence-electron chi connectivity index (χ2n) is 4.05. The predicted molar refractivity (Wildman–Crippen MR) is 81.8 cm³/mol. The molecule has 0 saturated heterocycles. The Labute approximate surface area is 131 Å². The third kappa shape index (κ3) is 3.77. The van der Waals surface area contributed by atoms with Crippen LogP contribution in [0.15, 0.2) is 30.5 Å². The molecule has 1 N–H and O–H groups in total. The number of nitrogens with one attached hydrogen (secondary N) is 1. The molecule has 1 aromatic heterocycles. The van der Waals surface area contributed by atoms with Crippen LogP contribution in [0.5, 0.6) is 11.5 Å². The second kappa shape index (κ2) is 6.65. The highest BCUT2D eigenvalue weighted by Crippen LogP contribution is 2.26. The molecule has 0 aliphatic heterocycles. The summed E-state index contributed by atoms with van der Waals surface area (Å²) in [6.45, 7) is 0. The number of hydrogen-bond donors (Lipinski definition) is 1. The molecular formula is C14H12Cl2N2O3. The summed E-state index contributed by atoms with van der Waals surface area (Å²) in [5.74, 6) is 0.769. The molecule has 0 unspecified atom stereocenters. The van der Waals surface area contributed by atoms with E-state index in [1.165, 1.54) is 26.5 Å². The zero-order valence-electron chi connectivity index (χ0n) is 11.3. The van der Waals surface area contributed by atoms with Gasteiger partial charge in [-0.25, -0.2) is 4.98 Å². The fraction of sp³-hybridized carbons (Fsp3) is 0.143. The van der Waals surface area contributed by atoms with Crippen molar-refractivity contribution in [3.05, 3.63) is 46.2 Å². The van der Waals surface area contributed by atoms with Crippen LogP contribution >= 0.6 is 23.2 Å². The summed E-state index contributed by atoms with van der Waals surface area (Å²) < 4.78 is 10.3. The van der Waals surface area contributed by atoms with Gasteiger partial charge in [0.25, 0.3) is 5.91 Å². The lowest BCUT2D eigenvalue weighted by Gasteiger charge is -2.10. The molecule has 0 aliphatic rings. The number of aromatic nitrogens is 1. The van der Waals surface area contributed by atoms with Gasteiger partial charge in [-0.3, -0.25) is 4.79 Å². The molecule has 5 nitrogen and oxygen atoms in total. The lowest BCUT2D eigenvalue weighted by Crippen LogP contribution is -2.12. The largest absolute Gasteiger partial charge is 0.497 e. The van der Waals surface area contributed by atoms with Crippen LogP contribution in [0.1, 0.15) is 10.4 Å². The van der Waals surface area contributed by atoms with Crippen molar-refractivity contribution in [2.75, 3.05) is 19.5 Å². The van der Waals surface area contributed by atoms with E-state index in [-0.39, 0.29) is 16.1 Å². The second-order valence-corrected chi connectivity index (χ2v) is 4.82. The van der Waals surface area contributed by atoms with E-state index in [1.54, 1.807) is 18.2 Å². The topological polar surface area (TPSA) is 60.5 Å². The molecule has 0 spiro atoms. The number of anilines is 1. The van der Waals surface area contributed by atoms with Crippen LogP contribution in [-0.4, -0.2) is 25.1 Å². The van der Waals surface area contributed by atoms with Crippen molar-refractivity contribution in [2.24, 2.45) is 0 Å². The zero-order chi connectivity index (χ0) is 15.4. The molecule has 2 aromatic rings. The fourth-order valence-corrected chi connectivity index (χ4v) is 1.90. The number of pyridine rings is 1. The maximum atomic E-state index is 12.1. The molecule has 1 amide bonds. The summed E-state index contributed by atoms with van der Waals surface area (Å²) in [5, 5.41) is 3.08. The predicted octanol–water partition coefficient (Wildman–Crippen LogP) is 3.66. The Kier molecular flexibility index (Phi) is 4.88. The summed E-state index contributed by atoms with van der Waals surface area (Å²) >= 11 is 11.6. The van der Waals surface area contributed by atoms with Crippen LogP contribution < -0.4 is 14.8 Å². The van der Waals surface area contributed by atoms with Gasteiger partial charge in [0.15, 0.2) is 0 Å². The van der Waals surface area contributed by atoms with E-state index in [0.29, 0.717) is 22.7 Å². The van der Waals surface area contributed by atoms with Gasteiger partial charge in [0.05, 0.1) is 24.8 Å². The van der Waals surface area contributed by atoms with E-state index < -0.39 is 0 Å². The number of amides is 1. The third-order valence-corrected chi connectivity index (χ3v) is 3.35. The molecule has 0 aliphatic carbocycles. The number of hydrogen-bond acceptors (Lipinski definition) is 4. The molecule has 21 heavy (non-hydrogen) atoms. The number of methoxy groups -OCH3 is 2. The van der Waals surface area contributed by atoms with Crippen molar-refractivity contribution in [1.29, 1.82) is 0 Å². The number of rotatable bonds is 4. The van der Waals surface area contributed by atoms with Crippen molar-refractivity contribution in [1.82, 2.24) is 4.98 Å². The number of carbonyl (C=O) groups excluding carboxylic acids is 1. The van der Waals surface area contributed by atoms with Gasteiger partial charge in [-0.05, 0) is 6.07 Å². The van der Waals surface area contributed by atoms with E-state index in [1.807, 2.05) is 0 Å². The van der Waals surface area contributed by atoms with Crippen LogP contribution in [0.25, 0.3) is 0 Å². The molecule has 1 aromatic carbocycles. The number of halogens is 2. The third-order valence-electron chi connectivity index (χ3n) is 2.67. The summed E-state index contributed by atoms with van der Waals surface area (Å²) in [4.78, 5) is 16.0. The van der Waals surface area contributed by atoms with Crippen LogP contribution in [0.3, 0.4) is 0 Å². The minimum atomic E-state index is -0.364. The molecule has 7 heteroatoms. The highest BCUT2D eigenvalue weighted by atomic mass is 35.5. The highest BCUT2D eigenvalue weighted by Gasteiger charge is 2.11. The number of carbonyl (C=O) groups is 1. The first-order chi connectivity index (χ1) is 10.0. The number of benzene rings is 1. The Morgan fingerprint density at radius 2 is 1.71 bits per heavy atom. The smallest absolute Gasteiger partial charge is 0.257 e. The SMILES string of the molecule is COc1cc(NC(=O)c2cnc(Cl)c(Cl)c2)cc(OC)c1. The van der Waals surface area contributed by atoms with Gasteiger partial charge in [-0.15, -0.1) is 0 Å². The average Bonchev–Trinajstić information content (AvgIpc) is 2.49. The van der Waals surface area contributed by atoms with Gasteiger partial charge in [-0.1, -0.05) is 23.2 Å². The quantitative estimate of drug-likeness (QED) is 0.871. The molecule has 1 heterocycles. The molecule has 110 valence electrons. The lowest BCUT2D eigenvalue weighted by molar-refractivity contribution is 0.102. The molecular weight excluding hydrogens is 315 g/mol. The molecule has 0 fully saturated rings. The normalized spacial score (nSPS) is 10.1. The fourth-order valence-electron chi connectivity index (χ4n) is 1.63. The monoisotopic (exact) mass is 326 g/mol. The van der Waals surface area contributed by atoms with Crippen LogP contribution in [0.4, 0.5) is 5.69 Å². The molecule has 2 rings (SSSR count). The van der Waals surface area contributed by atoms with Crippen molar-refractivity contribution in [2.45, 2.75) is 0 Å². The van der Waals surface area contributed by atoms with E-state index in [9.17, 15) is 4.79 Å². The maximum Gasteiger partial charge on any atom is 0.257 e. The van der Waals surface area contributed by atoms with E-state index in [2.05, 4.69) is 10.3 Å². The lowest BCUT2D eigenvalue weighted by atomic mass is 10.2. The first-order valence-corrected chi connectivity index (χ1v) is 6.64. The molecule has 0 radical (unpaired) electrons. The van der Waals surface area contributed by atoms with Gasteiger partial charge in [0, 0.05) is 30.1 Å². The van der Waals surface area contributed by atoms with Crippen molar-refractivity contribution >= 4 is 34.8 Å². The summed E-state index contributed by atoms with van der Waals surface area (Å²) in [7, 11) is 3.06. The van der Waals surface area contributed by atoms with Gasteiger partial charge >= 0.3 is 0 Å². The van der Waals surface area contributed by atoms with Crippen molar-refractivity contribution in [3.63, 3.8) is 0 Å². The first-order valence-electron chi connectivity index (χ1n) is 5.89. The van der Waals surface area contributed by atoms with E-state index in [0.717, 1.165) is 0 Å². The molecule has 0 atom stereocenters. The van der Waals surface area contributed by atoms with Gasteiger partial charge < -0.3 is 14.8 Å². The van der Waals surface area contributed by atoms with E-state index in [4.69, 9.17) is 32.7 Å². The number of ether oxygens (including phenoxy) is 2. The Hall–Kier alpha value is -1.98. The summed E-state index contributed by atoms with van der Waals surface area (Å²) in [6, 6.07) is 6.50. The Bertz CT molecular complexity index is 655. The van der Waals surface area contributed by atoms with Gasteiger partial charge in [0.2, 0.25) is 0 Å². The maximum absolute atomic E-state index is 12.1. The summed E-state index contributed by atoms with van der Waals surface area (Å²) in [5.41, 5.74) is 0.827. The Balaban J connectivity index is 2.24. The minimum absolute atomic E-state index is 0.149. The average molecular weight is 327 g/mol. The van der Waals surface area contributed by atoms with Crippen LogP contribution in [0, 0.1) is 0 Å². The van der Waals surface area contributed by atoms with Gasteiger partial charge in [-0.2, -0.15) is 0 Å².